The molecule has 1 saturated heterocycles. The lowest BCUT2D eigenvalue weighted by molar-refractivity contribution is -0.137. The zero-order valence-electron chi connectivity index (χ0n) is 17.4. The highest BCUT2D eigenvalue weighted by Gasteiger charge is 2.43. The second-order valence-electron chi connectivity index (χ2n) is 7.88. The number of carbonyl (C=O) groups is 2. The second kappa shape index (κ2) is 10.6. The number of likely N-dealkylation sites (N-methyl/N-ethyl adjacent to an activating group) is 1. The summed E-state index contributed by atoms with van der Waals surface area (Å²) in [7, 11) is 3.41. The van der Waals surface area contributed by atoms with Gasteiger partial charge in [-0.25, -0.2) is 4.79 Å². The van der Waals surface area contributed by atoms with Gasteiger partial charge in [0, 0.05) is 26.6 Å². The first-order valence-electron chi connectivity index (χ1n) is 10.4. The molecular formula is C22H32N2O5. The van der Waals surface area contributed by atoms with E-state index >= 15 is 0 Å². The van der Waals surface area contributed by atoms with E-state index in [9.17, 15) is 9.59 Å². The van der Waals surface area contributed by atoms with Crippen LogP contribution in [0.4, 0.5) is 4.79 Å². The lowest BCUT2D eigenvalue weighted by atomic mass is 9.94. The maximum atomic E-state index is 13.2. The molecule has 1 aliphatic heterocycles. The lowest BCUT2D eigenvalue weighted by Gasteiger charge is -2.34. The van der Waals surface area contributed by atoms with Gasteiger partial charge < -0.3 is 19.1 Å². The minimum atomic E-state index is -0.563. The summed E-state index contributed by atoms with van der Waals surface area (Å²) in [5.41, 5.74) is 0.912. The molecule has 2 atom stereocenters. The molecule has 0 radical (unpaired) electrons. The van der Waals surface area contributed by atoms with Gasteiger partial charge in [0.05, 0.1) is 12.6 Å². The van der Waals surface area contributed by atoms with Gasteiger partial charge in [0.15, 0.2) is 0 Å². The highest BCUT2D eigenvalue weighted by molar-refractivity contribution is 5.86. The van der Waals surface area contributed by atoms with Crippen LogP contribution in [-0.2, 0) is 25.6 Å². The summed E-state index contributed by atoms with van der Waals surface area (Å²) in [6, 6.07) is 9.21. The number of benzene rings is 1. The normalized spacial score (nSPS) is 22.5. The van der Waals surface area contributed by atoms with E-state index in [1.54, 1.807) is 7.11 Å². The topological polar surface area (TPSA) is 68.3 Å². The smallest absolute Gasteiger partial charge is 0.410 e. The number of likely N-dealkylation sites (tertiary alicyclic amines) is 1. The Bertz CT molecular complexity index is 662. The van der Waals surface area contributed by atoms with E-state index in [1.807, 2.05) is 42.3 Å². The Balaban J connectivity index is 1.65. The van der Waals surface area contributed by atoms with Crippen LogP contribution in [0, 0.1) is 0 Å². The molecule has 3 rings (SSSR count). The predicted molar refractivity (Wildman–Crippen MR) is 108 cm³/mol. The molecule has 0 N–H and O–H groups in total. The molecule has 0 bridgehead atoms. The van der Waals surface area contributed by atoms with Crippen molar-refractivity contribution in [2.75, 3.05) is 27.5 Å². The Morgan fingerprint density at radius 1 is 1.14 bits per heavy atom. The third-order valence-electron chi connectivity index (χ3n) is 5.88. The SMILES string of the molecule is COCOC1C[C@@H](C(=O)N(C)C2CCCCC2)N(C(=O)OCc2ccccc2)C1. The Kier molecular flexibility index (Phi) is 7.89. The predicted octanol–water partition coefficient (Wildman–Crippen LogP) is 3.18. The van der Waals surface area contributed by atoms with Crippen LogP contribution < -0.4 is 0 Å². The molecule has 7 heteroatoms. The molecular weight excluding hydrogens is 372 g/mol. The van der Waals surface area contributed by atoms with E-state index in [-0.39, 0.29) is 31.5 Å². The van der Waals surface area contributed by atoms with E-state index in [4.69, 9.17) is 14.2 Å². The molecule has 0 aromatic heterocycles. The summed E-state index contributed by atoms with van der Waals surface area (Å²) in [5.74, 6) is -0.0305. The van der Waals surface area contributed by atoms with Crippen LogP contribution in [0.5, 0.6) is 0 Å². The van der Waals surface area contributed by atoms with Gasteiger partial charge in [-0.15, -0.1) is 0 Å². The fraction of sp³-hybridized carbons (Fsp3) is 0.636. The minimum Gasteiger partial charge on any atom is -0.445 e. The van der Waals surface area contributed by atoms with Gasteiger partial charge in [0.2, 0.25) is 5.91 Å². The molecule has 1 aliphatic carbocycles. The number of amides is 2. The first-order chi connectivity index (χ1) is 14.1. The number of rotatable bonds is 7. The van der Waals surface area contributed by atoms with E-state index in [0.717, 1.165) is 31.2 Å². The highest BCUT2D eigenvalue weighted by atomic mass is 16.7. The van der Waals surface area contributed by atoms with Gasteiger partial charge in [-0.2, -0.15) is 0 Å². The number of nitrogens with zero attached hydrogens (tertiary/aromatic N) is 2. The zero-order valence-corrected chi connectivity index (χ0v) is 17.4. The van der Waals surface area contributed by atoms with Crippen LogP contribution in [0.1, 0.15) is 44.1 Å². The summed E-state index contributed by atoms with van der Waals surface area (Å²) in [6.07, 6.45) is 5.31. The summed E-state index contributed by atoms with van der Waals surface area (Å²) >= 11 is 0. The number of ether oxygens (including phenoxy) is 3. The van der Waals surface area contributed by atoms with Crippen LogP contribution in [-0.4, -0.2) is 67.5 Å². The van der Waals surface area contributed by atoms with Crippen LogP contribution in [0.15, 0.2) is 30.3 Å². The number of hydrogen-bond donors (Lipinski definition) is 0. The Hall–Kier alpha value is -2.12. The molecule has 2 fully saturated rings. The molecule has 1 saturated carbocycles. The molecule has 7 nitrogen and oxygen atoms in total. The third-order valence-corrected chi connectivity index (χ3v) is 5.88. The Morgan fingerprint density at radius 3 is 2.55 bits per heavy atom. The Labute approximate surface area is 172 Å². The first-order valence-corrected chi connectivity index (χ1v) is 10.4. The number of methoxy groups -OCH3 is 1. The summed E-state index contributed by atoms with van der Waals surface area (Å²) < 4.78 is 16.1. The van der Waals surface area contributed by atoms with Gasteiger partial charge in [-0.05, 0) is 18.4 Å². The van der Waals surface area contributed by atoms with Crippen LogP contribution >= 0.6 is 0 Å². The van der Waals surface area contributed by atoms with E-state index in [0.29, 0.717) is 13.0 Å². The quantitative estimate of drug-likeness (QED) is 0.653. The average molecular weight is 405 g/mol. The number of hydrogen-bond acceptors (Lipinski definition) is 5. The van der Waals surface area contributed by atoms with Gasteiger partial charge in [0.25, 0.3) is 0 Å². The van der Waals surface area contributed by atoms with Crippen molar-refractivity contribution in [1.29, 1.82) is 0 Å². The van der Waals surface area contributed by atoms with Crippen molar-refractivity contribution in [2.45, 2.75) is 63.3 Å². The molecule has 1 aromatic rings. The van der Waals surface area contributed by atoms with E-state index in [2.05, 4.69) is 0 Å². The standard InChI is InChI=1S/C22H32N2O5/c1-23(18-11-7-4-8-12-18)21(25)20-13-19(29-16-27-2)14-24(20)22(26)28-15-17-9-5-3-6-10-17/h3,5-6,9-10,18-20H,4,7-8,11-16H2,1-2H3/t19?,20-/m0/s1. The second-order valence-corrected chi connectivity index (χ2v) is 7.88. The van der Waals surface area contributed by atoms with Crippen LogP contribution in [0.25, 0.3) is 0 Å². The molecule has 1 heterocycles. The molecule has 160 valence electrons. The monoisotopic (exact) mass is 404 g/mol. The van der Waals surface area contributed by atoms with Crippen molar-refractivity contribution >= 4 is 12.0 Å². The molecule has 1 aromatic carbocycles. The van der Waals surface area contributed by atoms with Gasteiger partial charge >= 0.3 is 6.09 Å². The van der Waals surface area contributed by atoms with Gasteiger partial charge in [-0.1, -0.05) is 49.6 Å². The molecule has 1 unspecified atom stereocenters. The van der Waals surface area contributed by atoms with Crippen LogP contribution in [0.2, 0.25) is 0 Å². The van der Waals surface area contributed by atoms with Crippen molar-refractivity contribution in [3.8, 4) is 0 Å². The summed E-state index contributed by atoms with van der Waals surface area (Å²) in [5, 5.41) is 0. The van der Waals surface area contributed by atoms with Crippen molar-refractivity contribution in [3.63, 3.8) is 0 Å². The molecule has 0 spiro atoms. The lowest BCUT2D eigenvalue weighted by Crippen LogP contribution is -2.50. The van der Waals surface area contributed by atoms with Crippen molar-refractivity contribution in [2.24, 2.45) is 0 Å². The van der Waals surface area contributed by atoms with Crippen molar-refractivity contribution in [3.05, 3.63) is 35.9 Å². The highest BCUT2D eigenvalue weighted by Crippen LogP contribution is 2.27. The maximum absolute atomic E-state index is 13.2. The fourth-order valence-electron chi connectivity index (χ4n) is 4.20. The molecule has 29 heavy (non-hydrogen) atoms. The molecule has 2 amide bonds. The Morgan fingerprint density at radius 2 is 1.86 bits per heavy atom. The number of carbonyl (C=O) groups excluding carboxylic acids is 2. The summed E-state index contributed by atoms with van der Waals surface area (Å²) in [4.78, 5) is 29.4. The average Bonchev–Trinajstić information content (AvgIpc) is 3.20. The first kappa shape index (κ1) is 21.6. The van der Waals surface area contributed by atoms with E-state index in [1.165, 1.54) is 11.3 Å². The van der Waals surface area contributed by atoms with Gasteiger partial charge in [0.1, 0.15) is 19.4 Å². The van der Waals surface area contributed by atoms with Crippen LogP contribution in [0.3, 0.4) is 0 Å². The van der Waals surface area contributed by atoms with E-state index < -0.39 is 12.1 Å². The maximum Gasteiger partial charge on any atom is 0.410 e. The third kappa shape index (κ3) is 5.70. The summed E-state index contributed by atoms with van der Waals surface area (Å²) in [6.45, 7) is 0.641. The fourth-order valence-corrected chi connectivity index (χ4v) is 4.20. The zero-order chi connectivity index (χ0) is 20.6. The largest absolute Gasteiger partial charge is 0.445 e. The molecule has 2 aliphatic rings. The van der Waals surface area contributed by atoms with Crippen molar-refractivity contribution < 1.29 is 23.8 Å². The van der Waals surface area contributed by atoms with Gasteiger partial charge in [-0.3, -0.25) is 9.69 Å². The van der Waals surface area contributed by atoms with Crippen molar-refractivity contribution in [1.82, 2.24) is 9.80 Å². The minimum absolute atomic E-state index is 0.0305.